The van der Waals surface area contributed by atoms with Crippen molar-refractivity contribution in [3.8, 4) is 0 Å². The number of hydrogen-bond acceptors (Lipinski definition) is 3. The van der Waals surface area contributed by atoms with E-state index in [1.54, 1.807) is 31.4 Å². The Morgan fingerprint density at radius 3 is 1.27 bits per heavy atom. The van der Waals surface area contributed by atoms with Gasteiger partial charge in [0.25, 0.3) is 6.10 Å². The fourth-order valence-electron chi connectivity index (χ4n) is 5.10. The van der Waals surface area contributed by atoms with Crippen LogP contribution in [0.15, 0.2) is 0 Å². The molecule has 0 spiro atoms. The molecule has 0 radical (unpaired) electrons. The third kappa shape index (κ3) is 4.18. The molecule has 1 aliphatic rings. The summed E-state index contributed by atoms with van der Waals surface area (Å²) in [5, 5.41) is -4.04. The molecule has 0 unspecified atom stereocenters. The molecule has 0 aromatic carbocycles. The van der Waals surface area contributed by atoms with E-state index in [9.17, 15) is 31.1 Å². The number of hydrogen-bond donors (Lipinski definition) is 0. The molecule has 0 atom stereocenters. The Bertz CT molecular complexity index is 650. The normalized spacial score (nSPS) is 23.9. The van der Waals surface area contributed by atoms with E-state index in [0.717, 1.165) is 4.90 Å². The van der Waals surface area contributed by atoms with Crippen molar-refractivity contribution in [3.63, 3.8) is 0 Å². The van der Waals surface area contributed by atoms with Gasteiger partial charge in [0.15, 0.2) is 0 Å². The molecule has 0 aromatic heterocycles. The van der Waals surface area contributed by atoms with Crippen molar-refractivity contribution in [2.75, 3.05) is 0 Å². The first-order valence-corrected chi connectivity index (χ1v) is 9.70. The average Bonchev–Trinajstić information content (AvgIpc) is 2.37. The number of ether oxygens (including phenoxy) is 1. The zero-order valence-corrected chi connectivity index (χ0v) is 19.6. The van der Waals surface area contributed by atoms with Crippen LogP contribution in [0.3, 0.4) is 0 Å². The molecular formula is C12H26B8F6N2O2. The summed E-state index contributed by atoms with van der Waals surface area (Å²) < 4.78 is 82.3. The van der Waals surface area contributed by atoms with Crippen molar-refractivity contribution in [1.29, 1.82) is 0 Å². The van der Waals surface area contributed by atoms with E-state index in [2.05, 4.69) is 9.64 Å². The Hall–Kier alpha value is -0.671. The molecule has 0 saturated carbocycles. The topological polar surface area (TPSA) is 32.8 Å². The lowest BCUT2D eigenvalue weighted by molar-refractivity contribution is -0.309. The van der Waals surface area contributed by atoms with E-state index < -0.39 is 51.4 Å². The van der Waals surface area contributed by atoms with Gasteiger partial charge in [-0.2, -0.15) is 26.3 Å². The smallest absolute Gasteiger partial charge is 0.427 e. The molecule has 1 amide bonds. The van der Waals surface area contributed by atoms with Gasteiger partial charge in [0.05, 0.1) is 0 Å². The van der Waals surface area contributed by atoms with Gasteiger partial charge in [-0.15, -0.1) is 0 Å². The molecule has 0 bridgehead atoms. The van der Waals surface area contributed by atoms with Gasteiger partial charge in [-0.05, 0) is 42.1 Å². The number of piperazine rings is 1. The van der Waals surface area contributed by atoms with Crippen molar-refractivity contribution in [2.24, 2.45) is 0 Å². The highest BCUT2D eigenvalue weighted by atomic mass is 19.4. The van der Waals surface area contributed by atoms with Crippen LogP contribution in [0, 0.1) is 0 Å². The summed E-state index contributed by atoms with van der Waals surface area (Å²) in [5.74, 6) is 0. The van der Waals surface area contributed by atoms with Crippen LogP contribution in [0.2, 0.25) is 0 Å². The molecule has 4 nitrogen and oxygen atoms in total. The summed E-state index contributed by atoms with van der Waals surface area (Å²) in [5.41, 5.74) is -0.419. The van der Waals surface area contributed by atoms with Crippen LogP contribution in [0.1, 0.15) is 20.8 Å². The zero-order chi connectivity index (χ0) is 24.5. The first-order chi connectivity index (χ1) is 12.7. The first kappa shape index (κ1) is 27.4. The van der Waals surface area contributed by atoms with Gasteiger partial charge in [0.1, 0.15) is 62.8 Å². The lowest BCUT2D eigenvalue weighted by atomic mass is 9.26. The summed E-state index contributed by atoms with van der Waals surface area (Å²) in [6.45, 7) is 5.92. The van der Waals surface area contributed by atoms with Gasteiger partial charge in [0.2, 0.25) is 0 Å². The zero-order valence-electron chi connectivity index (χ0n) is 19.6. The van der Waals surface area contributed by atoms with Crippen molar-refractivity contribution in [2.45, 2.75) is 66.1 Å². The number of nitrogens with zero attached hydrogens (tertiary/aromatic N) is 2. The summed E-state index contributed by atoms with van der Waals surface area (Å²) in [4.78, 5) is 16.1. The molecule has 1 rings (SSSR count). The largest absolute Gasteiger partial charge is 0.434 e. The Morgan fingerprint density at radius 2 is 1.03 bits per heavy atom. The predicted molar refractivity (Wildman–Crippen MR) is 125 cm³/mol. The van der Waals surface area contributed by atoms with E-state index in [-0.39, 0.29) is 0 Å². The van der Waals surface area contributed by atoms with E-state index in [0.29, 0.717) is 0 Å². The monoisotopic (exact) mass is 432 g/mol. The number of amides is 1. The maximum atomic E-state index is 13.0. The van der Waals surface area contributed by atoms with Crippen molar-refractivity contribution in [1.82, 2.24) is 9.80 Å². The number of rotatable bonds is 1. The Balaban J connectivity index is 3.65. The Kier molecular flexibility index (Phi) is 6.54. The molecule has 162 valence electrons. The minimum atomic E-state index is -5.78. The molecule has 1 heterocycles. The first-order valence-electron chi connectivity index (χ1n) is 9.70. The fourth-order valence-corrected chi connectivity index (χ4v) is 5.10. The minimum absolute atomic E-state index is 0.419. The van der Waals surface area contributed by atoms with E-state index >= 15 is 0 Å². The third-order valence-corrected chi connectivity index (χ3v) is 6.90. The van der Waals surface area contributed by atoms with Gasteiger partial charge in [0, 0.05) is 5.54 Å². The minimum Gasteiger partial charge on any atom is -0.427 e. The van der Waals surface area contributed by atoms with E-state index in [4.69, 9.17) is 0 Å². The fraction of sp³-hybridized carbons (Fsp3) is 0.917. The van der Waals surface area contributed by atoms with Crippen LogP contribution in [0.25, 0.3) is 0 Å². The molecule has 30 heavy (non-hydrogen) atoms. The van der Waals surface area contributed by atoms with Crippen LogP contribution in [0.4, 0.5) is 31.1 Å². The van der Waals surface area contributed by atoms with E-state index in [1.165, 1.54) is 0 Å². The van der Waals surface area contributed by atoms with Crippen molar-refractivity contribution < 1.29 is 35.9 Å². The second-order valence-corrected chi connectivity index (χ2v) is 10.9. The molecule has 1 aliphatic heterocycles. The van der Waals surface area contributed by atoms with E-state index in [1.807, 2.05) is 52.2 Å². The molecular weight excluding hydrogens is 405 g/mol. The van der Waals surface area contributed by atoms with Gasteiger partial charge in [-0.1, -0.05) is 0 Å². The summed E-state index contributed by atoms with van der Waals surface area (Å²) in [6.07, 6.45) is -17.4. The molecule has 1 fully saturated rings. The lowest BCUT2D eigenvalue weighted by Gasteiger charge is -2.76. The number of carbonyl (C=O) groups excluding carboxylic acids is 1. The average molecular weight is 431 g/mol. The van der Waals surface area contributed by atoms with Crippen molar-refractivity contribution in [3.05, 3.63) is 0 Å². The summed E-state index contributed by atoms with van der Waals surface area (Å²) >= 11 is 0. The second-order valence-electron chi connectivity index (χ2n) is 10.9. The van der Waals surface area contributed by atoms with Crippen molar-refractivity contribution >= 4 is 68.9 Å². The molecule has 0 N–H and O–H groups in total. The summed E-state index contributed by atoms with van der Waals surface area (Å²) in [6, 6.07) is 0. The van der Waals surface area contributed by atoms with Crippen LogP contribution >= 0.6 is 0 Å². The number of halogens is 6. The van der Waals surface area contributed by atoms with Crippen LogP contribution in [0.5, 0.6) is 0 Å². The maximum Gasteiger partial charge on any atom is 0.434 e. The predicted octanol–water partition coefficient (Wildman–Crippen LogP) is -5.29. The van der Waals surface area contributed by atoms with Crippen LogP contribution < -0.4 is 0 Å². The van der Waals surface area contributed by atoms with Crippen LogP contribution in [-0.4, -0.2) is 124 Å². The Morgan fingerprint density at radius 1 is 0.733 bits per heavy atom. The molecule has 0 aliphatic carbocycles. The number of alkyl halides is 6. The van der Waals surface area contributed by atoms with Crippen LogP contribution in [-0.2, 0) is 4.74 Å². The quantitative estimate of drug-likeness (QED) is 0.308. The highest BCUT2D eigenvalue weighted by molar-refractivity contribution is 6.60. The maximum absolute atomic E-state index is 13.0. The SMILES string of the molecule is BC1(B)N(C(=O)OC(C(F)(F)F)C(F)(F)F)C(B)(B)C(B)(B)N(C(C)(C)C)C1(B)B. The second kappa shape index (κ2) is 7.17. The number of carbonyl (C=O) groups is 1. The van der Waals surface area contributed by atoms with Gasteiger partial charge in [-0.3, -0.25) is 0 Å². The molecule has 1 saturated heterocycles. The highest BCUT2D eigenvalue weighted by Gasteiger charge is 2.67. The summed E-state index contributed by atoms with van der Waals surface area (Å²) in [7, 11) is 13.8. The van der Waals surface area contributed by atoms with Gasteiger partial charge < -0.3 is 14.5 Å². The Labute approximate surface area is 181 Å². The third-order valence-electron chi connectivity index (χ3n) is 6.90. The molecule has 0 aromatic rings. The van der Waals surface area contributed by atoms with Gasteiger partial charge in [-0.25, -0.2) is 4.79 Å². The highest BCUT2D eigenvalue weighted by Crippen LogP contribution is 2.47. The van der Waals surface area contributed by atoms with Gasteiger partial charge >= 0.3 is 18.4 Å². The standard InChI is InChI=1S/C12H26B8F6N2O2/c1-6(2,3)28-11(17,18)9(13,14)27(10(15,16)12(28,19)20)5(29)30-4(7(21,22)23)8(24,25)26/h4H,13-20H2,1-3H3. The lowest BCUT2D eigenvalue weighted by Crippen LogP contribution is -2.94. The molecule has 18 heteroatoms.